The average Bonchev–Trinajstić information content (AvgIpc) is 3.48. The minimum atomic E-state index is 0.0912. The van der Waals surface area contributed by atoms with Gasteiger partial charge >= 0.3 is 0 Å². The molecule has 0 unspecified atom stereocenters. The summed E-state index contributed by atoms with van der Waals surface area (Å²) in [6.07, 6.45) is 3.98. The molecule has 3 heteroatoms. The molecule has 2 aromatic carbocycles. The summed E-state index contributed by atoms with van der Waals surface area (Å²) in [5, 5.41) is 3.04. The molecule has 0 aromatic heterocycles. The normalized spacial score (nSPS) is 13.8. The van der Waals surface area contributed by atoms with Crippen LogP contribution in [-0.2, 0) is 9.53 Å². The number of hydrogen-bond acceptors (Lipinski definition) is 2. The second-order valence-corrected chi connectivity index (χ2v) is 6.80. The van der Waals surface area contributed by atoms with Crippen LogP contribution in [0.2, 0.25) is 0 Å². The highest BCUT2D eigenvalue weighted by molar-refractivity contribution is 5.77. The first-order valence-electron chi connectivity index (χ1n) is 9.27. The van der Waals surface area contributed by atoms with Crippen molar-refractivity contribution in [3.05, 3.63) is 71.8 Å². The Morgan fingerprint density at radius 2 is 1.60 bits per heavy atom. The minimum absolute atomic E-state index is 0.0912. The van der Waals surface area contributed by atoms with Gasteiger partial charge in [0, 0.05) is 32.1 Å². The molecular formula is C22H27NO2. The molecule has 0 aliphatic heterocycles. The highest BCUT2D eigenvalue weighted by Gasteiger charge is 2.21. The summed E-state index contributed by atoms with van der Waals surface area (Å²) in [4.78, 5) is 12.4. The molecule has 132 valence electrons. The summed E-state index contributed by atoms with van der Waals surface area (Å²) in [5.41, 5.74) is 2.35. The highest BCUT2D eigenvalue weighted by atomic mass is 16.5. The lowest BCUT2D eigenvalue weighted by atomic mass is 9.88. The molecule has 3 rings (SSSR count). The third-order valence-electron chi connectivity index (χ3n) is 4.63. The molecule has 25 heavy (non-hydrogen) atoms. The van der Waals surface area contributed by atoms with Crippen molar-refractivity contribution in [1.82, 2.24) is 5.32 Å². The number of carbonyl (C=O) groups is 1. The molecule has 0 spiro atoms. The Morgan fingerprint density at radius 3 is 2.16 bits per heavy atom. The largest absolute Gasteiger partial charge is 0.381 e. The summed E-state index contributed by atoms with van der Waals surface area (Å²) in [6.45, 7) is 2.30. The predicted molar refractivity (Wildman–Crippen MR) is 101 cm³/mol. The van der Waals surface area contributed by atoms with Crippen LogP contribution in [-0.4, -0.2) is 25.7 Å². The van der Waals surface area contributed by atoms with Gasteiger partial charge in [0.25, 0.3) is 0 Å². The van der Waals surface area contributed by atoms with Crippen molar-refractivity contribution < 1.29 is 9.53 Å². The van der Waals surface area contributed by atoms with Crippen LogP contribution in [0.5, 0.6) is 0 Å². The lowest BCUT2D eigenvalue weighted by molar-refractivity contribution is -0.121. The Labute approximate surface area is 150 Å². The maximum atomic E-state index is 12.4. The molecule has 0 heterocycles. The second-order valence-electron chi connectivity index (χ2n) is 6.80. The van der Waals surface area contributed by atoms with Crippen LogP contribution < -0.4 is 5.32 Å². The molecule has 1 saturated carbocycles. The van der Waals surface area contributed by atoms with E-state index in [0.717, 1.165) is 25.6 Å². The fourth-order valence-corrected chi connectivity index (χ4v) is 2.99. The molecule has 1 fully saturated rings. The molecule has 0 saturated heterocycles. The first kappa shape index (κ1) is 17.7. The van der Waals surface area contributed by atoms with Crippen molar-refractivity contribution in [2.24, 2.45) is 5.92 Å². The number of carbonyl (C=O) groups excluding carboxylic acids is 1. The van der Waals surface area contributed by atoms with Gasteiger partial charge in [0.15, 0.2) is 0 Å². The van der Waals surface area contributed by atoms with Crippen molar-refractivity contribution in [3.8, 4) is 0 Å². The number of ether oxygens (including phenoxy) is 1. The SMILES string of the molecule is O=C(CC(c1ccccc1)c1ccccc1)NCCCOCC1CC1. The Bertz CT molecular complexity index is 598. The zero-order valence-electron chi connectivity index (χ0n) is 14.7. The van der Waals surface area contributed by atoms with Gasteiger partial charge in [-0.1, -0.05) is 60.7 Å². The molecule has 0 bridgehead atoms. The van der Waals surface area contributed by atoms with Gasteiger partial charge in [-0.2, -0.15) is 0 Å². The molecule has 3 nitrogen and oxygen atoms in total. The Kier molecular flexibility index (Phi) is 6.63. The maximum Gasteiger partial charge on any atom is 0.220 e. The van der Waals surface area contributed by atoms with Crippen molar-refractivity contribution >= 4 is 5.91 Å². The van der Waals surface area contributed by atoms with E-state index in [1.54, 1.807) is 0 Å². The highest BCUT2D eigenvalue weighted by Crippen LogP contribution is 2.29. The average molecular weight is 337 g/mol. The van der Waals surface area contributed by atoms with Gasteiger partial charge in [-0.15, -0.1) is 0 Å². The van der Waals surface area contributed by atoms with Gasteiger partial charge in [0.1, 0.15) is 0 Å². The number of amides is 1. The molecule has 0 atom stereocenters. The van der Waals surface area contributed by atoms with Gasteiger partial charge in [-0.3, -0.25) is 4.79 Å². The van der Waals surface area contributed by atoms with Crippen molar-refractivity contribution in [2.45, 2.75) is 31.6 Å². The van der Waals surface area contributed by atoms with E-state index < -0.39 is 0 Å². The number of nitrogens with one attached hydrogen (secondary N) is 1. The Morgan fingerprint density at radius 1 is 1.00 bits per heavy atom. The van der Waals surface area contributed by atoms with Crippen LogP contribution in [0.3, 0.4) is 0 Å². The van der Waals surface area contributed by atoms with E-state index in [1.807, 2.05) is 36.4 Å². The van der Waals surface area contributed by atoms with Gasteiger partial charge in [-0.05, 0) is 36.3 Å². The van der Waals surface area contributed by atoms with E-state index in [0.29, 0.717) is 13.0 Å². The fourth-order valence-electron chi connectivity index (χ4n) is 2.99. The lowest BCUT2D eigenvalue weighted by Gasteiger charge is -2.18. The van der Waals surface area contributed by atoms with Crippen LogP contribution in [0.4, 0.5) is 0 Å². The molecule has 0 radical (unpaired) electrons. The predicted octanol–water partition coefficient (Wildman–Crippen LogP) is 4.14. The topological polar surface area (TPSA) is 38.3 Å². The lowest BCUT2D eigenvalue weighted by Crippen LogP contribution is -2.27. The van der Waals surface area contributed by atoms with Crippen molar-refractivity contribution in [1.29, 1.82) is 0 Å². The van der Waals surface area contributed by atoms with Gasteiger partial charge < -0.3 is 10.1 Å². The molecule has 1 N–H and O–H groups in total. The molecule has 1 amide bonds. The Hall–Kier alpha value is -2.13. The summed E-state index contributed by atoms with van der Waals surface area (Å²) >= 11 is 0. The first-order valence-corrected chi connectivity index (χ1v) is 9.27. The van der Waals surface area contributed by atoms with E-state index >= 15 is 0 Å². The van der Waals surface area contributed by atoms with Crippen LogP contribution in [0, 0.1) is 5.92 Å². The van der Waals surface area contributed by atoms with Crippen LogP contribution in [0.25, 0.3) is 0 Å². The van der Waals surface area contributed by atoms with E-state index in [-0.39, 0.29) is 11.8 Å². The van der Waals surface area contributed by atoms with Gasteiger partial charge in [-0.25, -0.2) is 0 Å². The van der Waals surface area contributed by atoms with Gasteiger partial charge in [0.05, 0.1) is 0 Å². The molecule has 1 aliphatic rings. The first-order chi connectivity index (χ1) is 12.3. The molecule has 1 aliphatic carbocycles. The summed E-state index contributed by atoms with van der Waals surface area (Å²) in [6, 6.07) is 20.5. The number of rotatable bonds is 10. The zero-order valence-corrected chi connectivity index (χ0v) is 14.7. The Balaban J connectivity index is 1.48. The van der Waals surface area contributed by atoms with Crippen molar-refractivity contribution in [2.75, 3.05) is 19.8 Å². The third-order valence-corrected chi connectivity index (χ3v) is 4.63. The third kappa shape index (κ3) is 6.02. The zero-order chi connectivity index (χ0) is 17.3. The van der Waals surface area contributed by atoms with Crippen LogP contribution in [0.1, 0.15) is 42.7 Å². The van der Waals surface area contributed by atoms with Crippen LogP contribution in [0.15, 0.2) is 60.7 Å². The maximum absolute atomic E-state index is 12.4. The minimum Gasteiger partial charge on any atom is -0.381 e. The number of hydrogen-bond donors (Lipinski definition) is 1. The van der Waals surface area contributed by atoms with E-state index in [1.165, 1.54) is 24.0 Å². The summed E-state index contributed by atoms with van der Waals surface area (Å²) < 4.78 is 5.61. The standard InChI is InChI=1S/C22H27NO2/c24-22(23-14-7-15-25-17-18-12-13-18)16-21(19-8-3-1-4-9-19)20-10-5-2-6-11-20/h1-6,8-11,18,21H,7,12-17H2,(H,23,24). The van der Waals surface area contributed by atoms with E-state index in [2.05, 4.69) is 29.6 Å². The fraction of sp³-hybridized carbons (Fsp3) is 0.409. The molecular weight excluding hydrogens is 310 g/mol. The van der Waals surface area contributed by atoms with E-state index in [4.69, 9.17) is 4.74 Å². The number of benzene rings is 2. The van der Waals surface area contributed by atoms with Gasteiger partial charge in [0.2, 0.25) is 5.91 Å². The molecule has 2 aromatic rings. The second kappa shape index (κ2) is 9.38. The monoisotopic (exact) mass is 337 g/mol. The summed E-state index contributed by atoms with van der Waals surface area (Å²) in [5.74, 6) is 0.987. The van der Waals surface area contributed by atoms with E-state index in [9.17, 15) is 4.79 Å². The van der Waals surface area contributed by atoms with Crippen LogP contribution >= 0.6 is 0 Å². The quantitative estimate of drug-likeness (QED) is 0.662. The summed E-state index contributed by atoms with van der Waals surface area (Å²) in [7, 11) is 0. The van der Waals surface area contributed by atoms with Crippen molar-refractivity contribution in [3.63, 3.8) is 0 Å². The smallest absolute Gasteiger partial charge is 0.220 e.